The van der Waals surface area contributed by atoms with E-state index in [4.69, 9.17) is 4.74 Å². The van der Waals surface area contributed by atoms with E-state index in [0.717, 1.165) is 11.1 Å². The summed E-state index contributed by atoms with van der Waals surface area (Å²) < 4.78 is 5.71. The van der Waals surface area contributed by atoms with Crippen LogP contribution in [0.2, 0.25) is 0 Å². The number of hydrogen-bond donors (Lipinski definition) is 1. The molecule has 0 aliphatic heterocycles. The SMILES string of the molecule is CCC(C(=O)NC(C)(C)C)N(CCc1ccccc1)C(=O)COc1ccc(C)cc1. The predicted octanol–water partition coefficient (Wildman–Crippen LogP) is 4.14. The molecule has 5 nitrogen and oxygen atoms in total. The van der Waals surface area contributed by atoms with Crippen molar-refractivity contribution in [1.29, 1.82) is 0 Å². The molecule has 2 rings (SSSR count). The average Bonchev–Trinajstić information content (AvgIpc) is 2.69. The van der Waals surface area contributed by atoms with Gasteiger partial charge in [0.25, 0.3) is 5.91 Å². The molecule has 0 saturated heterocycles. The number of hydrogen-bond acceptors (Lipinski definition) is 3. The minimum absolute atomic E-state index is 0.100. The van der Waals surface area contributed by atoms with Crippen LogP contribution in [-0.4, -0.2) is 41.4 Å². The van der Waals surface area contributed by atoms with Crippen molar-refractivity contribution in [2.24, 2.45) is 0 Å². The molecule has 0 aromatic heterocycles. The standard InChI is InChI=1S/C25H34N2O3/c1-6-22(24(29)26-25(3,4)5)27(17-16-20-10-8-7-9-11-20)23(28)18-30-21-14-12-19(2)13-15-21/h7-15,22H,6,16-18H2,1-5H3,(H,26,29). The number of nitrogens with zero attached hydrogens (tertiary/aromatic N) is 1. The summed E-state index contributed by atoms with van der Waals surface area (Å²) in [6, 6.07) is 17.0. The fourth-order valence-corrected chi connectivity index (χ4v) is 3.21. The lowest BCUT2D eigenvalue weighted by molar-refractivity contribution is -0.142. The topological polar surface area (TPSA) is 58.6 Å². The molecular weight excluding hydrogens is 376 g/mol. The molecule has 2 aromatic rings. The smallest absolute Gasteiger partial charge is 0.261 e. The van der Waals surface area contributed by atoms with Crippen molar-refractivity contribution in [3.8, 4) is 5.75 Å². The summed E-state index contributed by atoms with van der Waals surface area (Å²) in [5.41, 5.74) is 1.89. The van der Waals surface area contributed by atoms with Crippen LogP contribution < -0.4 is 10.1 Å². The second-order valence-corrected chi connectivity index (χ2v) is 8.59. The summed E-state index contributed by atoms with van der Waals surface area (Å²) in [7, 11) is 0. The first-order valence-corrected chi connectivity index (χ1v) is 10.5. The highest BCUT2D eigenvalue weighted by molar-refractivity contribution is 5.88. The monoisotopic (exact) mass is 410 g/mol. The molecule has 0 bridgehead atoms. The Morgan fingerprint density at radius 2 is 1.67 bits per heavy atom. The van der Waals surface area contributed by atoms with Crippen LogP contribution in [0.3, 0.4) is 0 Å². The maximum atomic E-state index is 13.1. The molecule has 0 spiro atoms. The lowest BCUT2D eigenvalue weighted by Crippen LogP contribution is -2.54. The van der Waals surface area contributed by atoms with E-state index >= 15 is 0 Å². The maximum absolute atomic E-state index is 13.1. The third-order valence-electron chi connectivity index (χ3n) is 4.75. The van der Waals surface area contributed by atoms with Gasteiger partial charge >= 0.3 is 0 Å². The Morgan fingerprint density at radius 3 is 2.23 bits per heavy atom. The lowest BCUT2D eigenvalue weighted by Gasteiger charge is -2.33. The van der Waals surface area contributed by atoms with Gasteiger partial charge in [0, 0.05) is 12.1 Å². The van der Waals surface area contributed by atoms with Gasteiger partial charge in [-0.15, -0.1) is 0 Å². The van der Waals surface area contributed by atoms with Crippen LogP contribution in [-0.2, 0) is 16.0 Å². The van der Waals surface area contributed by atoms with Crippen molar-refractivity contribution >= 4 is 11.8 Å². The van der Waals surface area contributed by atoms with Gasteiger partial charge < -0.3 is 15.0 Å². The zero-order chi connectivity index (χ0) is 22.1. The number of benzene rings is 2. The Balaban J connectivity index is 2.14. The van der Waals surface area contributed by atoms with E-state index in [1.165, 1.54) is 0 Å². The molecule has 0 radical (unpaired) electrons. The van der Waals surface area contributed by atoms with Gasteiger partial charge in [0.1, 0.15) is 11.8 Å². The number of carbonyl (C=O) groups excluding carboxylic acids is 2. The van der Waals surface area contributed by atoms with Crippen molar-refractivity contribution in [3.63, 3.8) is 0 Å². The van der Waals surface area contributed by atoms with E-state index in [0.29, 0.717) is 25.1 Å². The van der Waals surface area contributed by atoms with Crippen molar-refractivity contribution in [3.05, 3.63) is 65.7 Å². The number of nitrogens with one attached hydrogen (secondary N) is 1. The Labute approximate surface area is 180 Å². The first kappa shape index (κ1) is 23.5. The molecule has 5 heteroatoms. The summed E-state index contributed by atoms with van der Waals surface area (Å²) in [6.07, 6.45) is 1.21. The molecule has 2 amide bonds. The van der Waals surface area contributed by atoms with Crippen molar-refractivity contribution in [2.45, 2.75) is 59.0 Å². The fraction of sp³-hybridized carbons (Fsp3) is 0.440. The fourth-order valence-electron chi connectivity index (χ4n) is 3.21. The van der Waals surface area contributed by atoms with Gasteiger partial charge in [0.05, 0.1) is 0 Å². The summed E-state index contributed by atoms with van der Waals surface area (Å²) in [5, 5.41) is 3.01. The Kier molecular flexibility index (Phi) is 8.46. The van der Waals surface area contributed by atoms with Crippen molar-refractivity contribution in [1.82, 2.24) is 10.2 Å². The Morgan fingerprint density at radius 1 is 1.03 bits per heavy atom. The van der Waals surface area contributed by atoms with E-state index in [1.807, 2.05) is 89.2 Å². The Hall–Kier alpha value is -2.82. The van der Waals surface area contributed by atoms with Crippen LogP contribution in [0.15, 0.2) is 54.6 Å². The van der Waals surface area contributed by atoms with Crippen molar-refractivity contribution < 1.29 is 14.3 Å². The number of ether oxygens (including phenoxy) is 1. The van der Waals surface area contributed by atoms with Gasteiger partial charge in [0.15, 0.2) is 6.61 Å². The summed E-state index contributed by atoms with van der Waals surface area (Å²) in [5.74, 6) is 0.313. The van der Waals surface area contributed by atoms with Crippen LogP contribution in [0, 0.1) is 6.92 Å². The molecule has 1 atom stereocenters. The zero-order valence-electron chi connectivity index (χ0n) is 18.8. The van der Waals surface area contributed by atoms with Crippen LogP contribution in [0.1, 0.15) is 45.2 Å². The second-order valence-electron chi connectivity index (χ2n) is 8.59. The van der Waals surface area contributed by atoms with Crippen LogP contribution in [0.4, 0.5) is 0 Å². The summed E-state index contributed by atoms with van der Waals surface area (Å²) >= 11 is 0. The average molecular weight is 411 g/mol. The van der Waals surface area contributed by atoms with E-state index in [-0.39, 0.29) is 24.0 Å². The van der Waals surface area contributed by atoms with Crippen LogP contribution >= 0.6 is 0 Å². The molecule has 30 heavy (non-hydrogen) atoms. The number of amides is 2. The summed E-state index contributed by atoms with van der Waals surface area (Å²) in [4.78, 5) is 27.7. The highest BCUT2D eigenvalue weighted by Gasteiger charge is 2.30. The van der Waals surface area contributed by atoms with Gasteiger partial charge in [-0.25, -0.2) is 0 Å². The van der Waals surface area contributed by atoms with E-state index in [2.05, 4.69) is 5.32 Å². The molecular formula is C25H34N2O3. The van der Waals surface area contributed by atoms with E-state index < -0.39 is 6.04 Å². The predicted molar refractivity (Wildman–Crippen MR) is 121 cm³/mol. The summed E-state index contributed by atoms with van der Waals surface area (Å²) in [6.45, 7) is 10.1. The molecule has 1 N–H and O–H groups in total. The van der Waals surface area contributed by atoms with Gasteiger partial charge in [-0.2, -0.15) is 0 Å². The van der Waals surface area contributed by atoms with E-state index in [9.17, 15) is 9.59 Å². The highest BCUT2D eigenvalue weighted by atomic mass is 16.5. The second kappa shape index (κ2) is 10.8. The quantitative estimate of drug-likeness (QED) is 0.676. The lowest BCUT2D eigenvalue weighted by atomic mass is 10.1. The number of carbonyl (C=O) groups is 2. The highest BCUT2D eigenvalue weighted by Crippen LogP contribution is 2.14. The number of rotatable bonds is 9. The minimum atomic E-state index is -0.540. The molecule has 2 aromatic carbocycles. The molecule has 0 aliphatic carbocycles. The van der Waals surface area contributed by atoms with Crippen LogP contribution in [0.5, 0.6) is 5.75 Å². The molecule has 1 unspecified atom stereocenters. The van der Waals surface area contributed by atoms with Gasteiger partial charge in [-0.3, -0.25) is 9.59 Å². The largest absolute Gasteiger partial charge is 0.484 e. The maximum Gasteiger partial charge on any atom is 0.261 e. The minimum Gasteiger partial charge on any atom is -0.484 e. The third-order valence-corrected chi connectivity index (χ3v) is 4.75. The molecule has 0 aliphatic rings. The third kappa shape index (κ3) is 7.54. The van der Waals surface area contributed by atoms with Crippen LogP contribution in [0.25, 0.3) is 0 Å². The molecule has 0 fully saturated rings. The molecule has 162 valence electrons. The zero-order valence-corrected chi connectivity index (χ0v) is 18.8. The van der Waals surface area contributed by atoms with Gasteiger partial charge in [-0.1, -0.05) is 55.0 Å². The van der Waals surface area contributed by atoms with Gasteiger partial charge in [-0.05, 0) is 58.2 Å². The van der Waals surface area contributed by atoms with E-state index in [1.54, 1.807) is 4.90 Å². The molecule has 0 saturated carbocycles. The first-order valence-electron chi connectivity index (χ1n) is 10.5. The van der Waals surface area contributed by atoms with Gasteiger partial charge in [0.2, 0.25) is 5.91 Å². The first-order chi connectivity index (χ1) is 14.2. The number of aryl methyl sites for hydroxylation is 1. The molecule has 0 heterocycles. The Bertz CT molecular complexity index is 811. The van der Waals surface area contributed by atoms with Crippen molar-refractivity contribution in [2.75, 3.05) is 13.2 Å². The normalized spacial score (nSPS) is 12.2.